The Hall–Kier alpha value is -2.48. The summed E-state index contributed by atoms with van der Waals surface area (Å²) in [5.41, 5.74) is 3.15. The number of hydrazine groups is 1. The van der Waals surface area contributed by atoms with Crippen LogP contribution in [0.3, 0.4) is 0 Å². The summed E-state index contributed by atoms with van der Waals surface area (Å²) >= 11 is 0. The van der Waals surface area contributed by atoms with Crippen molar-refractivity contribution >= 4 is 17.5 Å². The second-order valence-electron chi connectivity index (χ2n) is 6.12. The van der Waals surface area contributed by atoms with Crippen molar-refractivity contribution in [2.24, 2.45) is 5.84 Å². The molecule has 0 spiro atoms. The van der Waals surface area contributed by atoms with Crippen LogP contribution in [0.2, 0.25) is 0 Å². The van der Waals surface area contributed by atoms with E-state index in [0.717, 1.165) is 30.3 Å². The molecule has 0 atom stereocenters. The molecule has 2 heterocycles. The number of amides is 2. The molecule has 2 aliphatic rings. The van der Waals surface area contributed by atoms with Gasteiger partial charge in [0.25, 0.3) is 0 Å². The number of benzene rings is 1. The van der Waals surface area contributed by atoms with E-state index in [1.54, 1.807) is 0 Å². The fourth-order valence-corrected chi connectivity index (χ4v) is 3.07. The maximum absolute atomic E-state index is 12.2. The normalized spacial score (nSPS) is 16.5. The van der Waals surface area contributed by atoms with Gasteiger partial charge in [0.2, 0.25) is 11.8 Å². The Morgan fingerprint density at radius 3 is 2.48 bits per heavy atom. The number of nitrogens with one attached hydrogen (secondary N) is 1. The highest BCUT2D eigenvalue weighted by Crippen LogP contribution is 2.34. The van der Waals surface area contributed by atoms with Crippen molar-refractivity contribution in [1.29, 1.82) is 0 Å². The lowest BCUT2D eigenvalue weighted by Gasteiger charge is -2.36. The van der Waals surface area contributed by atoms with Crippen molar-refractivity contribution in [3.63, 3.8) is 0 Å². The molecule has 0 unspecified atom stereocenters. The highest BCUT2D eigenvalue weighted by atomic mass is 16.6. The zero-order valence-electron chi connectivity index (χ0n) is 14.2. The van der Waals surface area contributed by atoms with E-state index in [9.17, 15) is 9.59 Å². The predicted octanol–water partition coefficient (Wildman–Crippen LogP) is 0.267. The van der Waals surface area contributed by atoms with Crippen molar-refractivity contribution in [1.82, 2.24) is 10.3 Å². The van der Waals surface area contributed by atoms with E-state index < -0.39 is 0 Å². The van der Waals surface area contributed by atoms with Crippen molar-refractivity contribution in [2.45, 2.75) is 19.3 Å². The summed E-state index contributed by atoms with van der Waals surface area (Å²) in [6.07, 6.45) is 1.17. The molecule has 0 radical (unpaired) electrons. The highest BCUT2D eigenvalue weighted by Gasteiger charge is 2.22. The molecule has 0 aliphatic carbocycles. The Bertz CT molecular complexity index is 629. The first-order valence-electron chi connectivity index (χ1n) is 8.59. The smallest absolute Gasteiger partial charge is 0.233 e. The second kappa shape index (κ2) is 8.06. The molecule has 1 fully saturated rings. The average Bonchev–Trinajstić information content (AvgIpc) is 2.67. The van der Waals surface area contributed by atoms with E-state index in [1.807, 2.05) is 23.1 Å². The SMILES string of the molecule is NNC(=O)CCCC(=O)N1CCN(c2ccc3c(c2)OCCO3)CC1. The Morgan fingerprint density at radius 2 is 1.76 bits per heavy atom. The summed E-state index contributed by atoms with van der Waals surface area (Å²) in [7, 11) is 0. The lowest BCUT2D eigenvalue weighted by molar-refractivity contribution is -0.131. The molecule has 3 rings (SSSR count). The van der Waals surface area contributed by atoms with Gasteiger partial charge >= 0.3 is 0 Å². The van der Waals surface area contributed by atoms with Crippen LogP contribution in [0.5, 0.6) is 11.5 Å². The molecule has 1 saturated heterocycles. The van der Waals surface area contributed by atoms with E-state index in [0.29, 0.717) is 39.1 Å². The number of nitrogens with zero attached hydrogens (tertiary/aromatic N) is 2. The number of anilines is 1. The van der Waals surface area contributed by atoms with Crippen molar-refractivity contribution < 1.29 is 19.1 Å². The van der Waals surface area contributed by atoms with Crippen molar-refractivity contribution in [3.05, 3.63) is 18.2 Å². The van der Waals surface area contributed by atoms with Gasteiger partial charge in [-0.25, -0.2) is 5.84 Å². The zero-order chi connectivity index (χ0) is 17.6. The molecule has 0 aromatic heterocycles. The van der Waals surface area contributed by atoms with Gasteiger partial charge in [0.15, 0.2) is 11.5 Å². The number of nitrogens with two attached hydrogens (primary N) is 1. The van der Waals surface area contributed by atoms with E-state index >= 15 is 0 Å². The van der Waals surface area contributed by atoms with Gasteiger partial charge in [0.05, 0.1) is 0 Å². The molecular weight excluding hydrogens is 324 g/mol. The highest BCUT2D eigenvalue weighted by molar-refractivity contribution is 5.78. The summed E-state index contributed by atoms with van der Waals surface area (Å²) in [5, 5.41) is 0. The number of hydrogen-bond donors (Lipinski definition) is 2. The molecule has 1 aromatic rings. The van der Waals surface area contributed by atoms with Crippen LogP contribution in [0.1, 0.15) is 19.3 Å². The summed E-state index contributed by atoms with van der Waals surface area (Å²) in [5.74, 6) is 6.44. The Balaban J connectivity index is 1.48. The zero-order valence-corrected chi connectivity index (χ0v) is 14.2. The quantitative estimate of drug-likeness (QED) is 0.450. The minimum absolute atomic E-state index is 0.0895. The van der Waals surface area contributed by atoms with E-state index in [-0.39, 0.29) is 18.2 Å². The number of fused-ring (bicyclic) bond motifs is 1. The second-order valence-corrected chi connectivity index (χ2v) is 6.12. The third kappa shape index (κ3) is 4.33. The summed E-state index contributed by atoms with van der Waals surface area (Å²) in [4.78, 5) is 27.4. The number of piperazine rings is 1. The fourth-order valence-electron chi connectivity index (χ4n) is 3.07. The molecule has 8 nitrogen and oxygen atoms in total. The largest absolute Gasteiger partial charge is 0.486 e. The van der Waals surface area contributed by atoms with Crippen LogP contribution in [-0.4, -0.2) is 56.1 Å². The van der Waals surface area contributed by atoms with E-state index in [2.05, 4.69) is 10.3 Å². The van der Waals surface area contributed by atoms with Crippen LogP contribution in [-0.2, 0) is 9.59 Å². The minimum Gasteiger partial charge on any atom is -0.486 e. The Labute approximate surface area is 146 Å². The fraction of sp³-hybridized carbons (Fsp3) is 0.529. The van der Waals surface area contributed by atoms with Crippen LogP contribution >= 0.6 is 0 Å². The Kier molecular flexibility index (Phi) is 5.60. The minimum atomic E-state index is -0.240. The van der Waals surface area contributed by atoms with Crippen LogP contribution in [0.25, 0.3) is 0 Å². The van der Waals surface area contributed by atoms with Crippen LogP contribution in [0.15, 0.2) is 18.2 Å². The first-order valence-corrected chi connectivity index (χ1v) is 8.59. The molecule has 0 saturated carbocycles. The average molecular weight is 348 g/mol. The van der Waals surface area contributed by atoms with Gasteiger partial charge in [-0.2, -0.15) is 0 Å². The number of hydrogen-bond acceptors (Lipinski definition) is 6. The molecule has 8 heteroatoms. The third-order valence-corrected chi connectivity index (χ3v) is 4.48. The topological polar surface area (TPSA) is 97.1 Å². The molecular formula is C17H24N4O4. The van der Waals surface area contributed by atoms with E-state index in [4.69, 9.17) is 15.3 Å². The molecule has 0 bridgehead atoms. The summed E-state index contributed by atoms with van der Waals surface area (Å²) in [6.45, 7) is 4.05. The van der Waals surface area contributed by atoms with Gasteiger partial charge in [0.1, 0.15) is 13.2 Å². The molecule has 136 valence electrons. The monoisotopic (exact) mass is 348 g/mol. The van der Waals surface area contributed by atoms with Gasteiger partial charge < -0.3 is 19.3 Å². The first kappa shape index (κ1) is 17.3. The third-order valence-electron chi connectivity index (χ3n) is 4.48. The van der Waals surface area contributed by atoms with Crippen LogP contribution in [0, 0.1) is 0 Å². The van der Waals surface area contributed by atoms with Crippen molar-refractivity contribution in [3.8, 4) is 11.5 Å². The van der Waals surface area contributed by atoms with Crippen LogP contribution in [0.4, 0.5) is 5.69 Å². The number of ether oxygens (including phenoxy) is 2. The van der Waals surface area contributed by atoms with Gasteiger partial charge in [-0.15, -0.1) is 0 Å². The lowest BCUT2D eigenvalue weighted by atomic mass is 10.2. The lowest BCUT2D eigenvalue weighted by Crippen LogP contribution is -2.48. The molecule has 1 aromatic carbocycles. The Morgan fingerprint density at radius 1 is 1.04 bits per heavy atom. The van der Waals surface area contributed by atoms with Gasteiger partial charge in [-0.3, -0.25) is 15.0 Å². The number of rotatable bonds is 5. The maximum Gasteiger partial charge on any atom is 0.233 e. The molecule has 2 amide bonds. The van der Waals surface area contributed by atoms with Gasteiger partial charge in [0, 0.05) is 50.8 Å². The van der Waals surface area contributed by atoms with Gasteiger partial charge in [-0.1, -0.05) is 0 Å². The molecule has 2 aliphatic heterocycles. The molecule has 25 heavy (non-hydrogen) atoms. The number of carbonyl (C=O) groups excluding carboxylic acids is 2. The van der Waals surface area contributed by atoms with Crippen LogP contribution < -0.4 is 25.6 Å². The number of carbonyl (C=O) groups is 2. The standard InChI is InChI=1S/C17H24N4O4/c18-19-16(22)2-1-3-17(23)21-8-6-20(7-9-21)13-4-5-14-15(12-13)25-11-10-24-14/h4-5,12H,1-3,6-11,18H2,(H,19,22). The van der Waals surface area contributed by atoms with E-state index in [1.165, 1.54) is 0 Å². The summed E-state index contributed by atoms with van der Waals surface area (Å²) < 4.78 is 11.2. The maximum atomic E-state index is 12.2. The first-order chi connectivity index (χ1) is 12.2. The predicted molar refractivity (Wildman–Crippen MR) is 92.4 cm³/mol. The van der Waals surface area contributed by atoms with Gasteiger partial charge in [-0.05, 0) is 18.6 Å². The summed E-state index contributed by atoms with van der Waals surface area (Å²) in [6, 6.07) is 5.96. The molecule has 3 N–H and O–H groups in total. The van der Waals surface area contributed by atoms with Crippen molar-refractivity contribution in [2.75, 3.05) is 44.3 Å².